The number of hydrogen-bond acceptors (Lipinski definition) is 3. The van der Waals surface area contributed by atoms with Crippen molar-refractivity contribution >= 4 is 11.8 Å². The Balaban J connectivity index is 2.07. The van der Waals surface area contributed by atoms with Crippen molar-refractivity contribution in [2.24, 2.45) is 5.92 Å². The SMILES string of the molecule is CC(=O)NCc1ccc([C@H]2CNC[C@@H]2C(=O)N(C)C)cc1. The molecule has 5 nitrogen and oxygen atoms in total. The summed E-state index contributed by atoms with van der Waals surface area (Å²) in [6.07, 6.45) is 0. The average Bonchev–Trinajstić information content (AvgIpc) is 2.94. The van der Waals surface area contributed by atoms with Crippen molar-refractivity contribution in [3.05, 3.63) is 35.4 Å². The van der Waals surface area contributed by atoms with Crippen molar-refractivity contribution in [1.82, 2.24) is 15.5 Å². The third-order valence-corrected chi connectivity index (χ3v) is 3.92. The van der Waals surface area contributed by atoms with Gasteiger partial charge in [-0.2, -0.15) is 0 Å². The monoisotopic (exact) mass is 289 g/mol. The Bertz CT molecular complexity index is 511. The highest BCUT2D eigenvalue weighted by Gasteiger charge is 2.34. The van der Waals surface area contributed by atoms with Gasteiger partial charge < -0.3 is 15.5 Å². The van der Waals surface area contributed by atoms with Crippen LogP contribution in [0.3, 0.4) is 0 Å². The molecule has 1 aliphatic heterocycles. The molecule has 1 saturated heterocycles. The van der Waals surface area contributed by atoms with Crippen LogP contribution in [0.5, 0.6) is 0 Å². The maximum Gasteiger partial charge on any atom is 0.227 e. The van der Waals surface area contributed by atoms with Crippen LogP contribution in [0.25, 0.3) is 0 Å². The first-order valence-electron chi connectivity index (χ1n) is 7.24. The van der Waals surface area contributed by atoms with Gasteiger partial charge in [0.05, 0.1) is 5.92 Å². The summed E-state index contributed by atoms with van der Waals surface area (Å²) in [7, 11) is 3.60. The molecule has 2 rings (SSSR count). The molecule has 0 spiro atoms. The lowest BCUT2D eigenvalue weighted by molar-refractivity contribution is -0.132. The van der Waals surface area contributed by atoms with E-state index < -0.39 is 0 Å². The van der Waals surface area contributed by atoms with E-state index >= 15 is 0 Å². The van der Waals surface area contributed by atoms with E-state index in [0.29, 0.717) is 6.54 Å². The Morgan fingerprint density at radius 1 is 1.24 bits per heavy atom. The van der Waals surface area contributed by atoms with E-state index in [2.05, 4.69) is 22.8 Å². The molecule has 2 amide bonds. The van der Waals surface area contributed by atoms with Crippen molar-refractivity contribution in [2.45, 2.75) is 19.4 Å². The molecular weight excluding hydrogens is 266 g/mol. The fourth-order valence-electron chi connectivity index (χ4n) is 2.73. The molecule has 5 heteroatoms. The quantitative estimate of drug-likeness (QED) is 0.858. The van der Waals surface area contributed by atoms with Crippen molar-refractivity contribution in [2.75, 3.05) is 27.2 Å². The molecule has 0 unspecified atom stereocenters. The first-order valence-corrected chi connectivity index (χ1v) is 7.24. The summed E-state index contributed by atoms with van der Waals surface area (Å²) in [6, 6.07) is 8.15. The van der Waals surface area contributed by atoms with Gasteiger partial charge in [-0.15, -0.1) is 0 Å². The number of amides is 2. The highest BCUT2D eigenvalue weighted by atomic mass is 16.2. The molecule has 21 heavy (non-hydrogen) atoms. The van der Waals surface area contributed by atoms with Gasteiger partial charge in [0, 0.05) is 46.6 Å². The number of carbonyl (C=O) groups is 2. The highest BCUT2D eigenvalue weighted by molar-refractivity contribution is 5.80. The molecule has 1 aliphatic rings. The van der Waals surface area contributed by atoms with Gasteiger partial charge in [0.2, 0.25) is 11.8 Å². The third-order valence-electron chi connectivity index (χ3n) is 3.92. The fraction of sp³-hybridized carbons (Fsp3) is 0.500. The van der Waals surface area contributed by atoms with Gasteiger partial charge in [-0.05, 0) is 11.1 Å². The summed E-state index contributed by atoms with van der Waals surface area (Å²) in [6.45, 7) is 3.61. The standard InChI is InChI=1S/C16H23N3O2/c1-11(20)18-8-12-4-6-13(7-5-12)14-9-17-10-15(14)16(21)19(2)3/h4-7,14-15,17H,8-10H2,1-3H3,(H,18,20)/t14-,15+/m1/s1. The molecule has 2 N–H and O–H groups in total. The van der Waals surface area contributed by atoms with Crippen LogP contribution in [0.15, 0.2) is 24.3 Å². The summed E-state index contributed by atoms with van der Waals surface area (Å²) in [5, 5.41) is 6.09. The molecule has 0 saturated carbocycles. The Labute approximate surface area is 125 Å². The lowest BCUT2D eigenvalue weighted by Gasteiger charge is -2.22. The summed E-state index contributed by atoms with van der Waals surface area (Å²) in [5.41, 5.74) is 2.24. The molecule has 2 atom stereocenters. The molecule has 0 aromatic heterocycles. The van der Waals surface area contributed by atoms with Crippen LogP contribution in [0.1, 0.15) is 24.0 Å². The molecule has 0 aliphatic carbocycles. The Morgan fingerprint density at radius 2 is 1.90 bits per heavy atom. The number of carbonyl (C=O) groups excluding carboxylic acids is 2. The van der Waals surface area contributed by atoms with Crippen molar-refractivity contribution in [3.8, 4) is 0 Å². The van der Waals surface area contributed by atoms with Crippen molar-refractivity contribution in [1.29, 1.82) is 0 Å². The van der Waals surface area contributed by atoms with E-state index in [1.165, 1.54) is 12.5 Å². The van der Waals surface area contributed by atoms with Crippen LogP contribution in [0.2, 0.25) is 0 Å². The predicted octanol–water partition coefficient (Wildman–Crippen LogP) is 0.714. The van der Waals surface area contributed by atoms with Gasteiger partial charge in [0.25, 0.3) is 0 Å². The lowest BCUT2D eigenvalue weighted by atomic mass is 9.87. The first-order chi connectivity index (χ1) is 9.99. The molecule has 1 aromatic carbocycles. The van der Waals surface area contributed by atoms with Crippen LogP contribution in [0, 0.1) is 5.92 Å². The van der Waals surface area contributed by atoms with Crippen molar-refractivity contribution in [3.63, 3.8) is 0 Å². The minimum Gasteiger partial charge on any atom is -0.352 e. The van der Waals surface area contributed by atoms with Crippen molar-refractivity contribution < 1.29 is 9.59 Å². The summed E-state index contributed by atoms with van der Waals surface area (Å²) in [4.78, 5) is 24.8. The zero-order chi connectivity index (χ0) is 15.4. The van der Waals surface area contributed by atoms with E-state index in [4.69, 9.17) is 0 Å². The number of benzene rings is 1. The Morgan fingerprint density at radius 3 is 2.48 bits per heavy atom. The first kappa shape index (κ1) is 15.5. The smallest absolute Gasteiger partial charge is 0.227 e. The molecular formula is C16H23N3O2. The van der Waals surface area contributed by atoms with Gasteiger partial charge in [0.1, 0.15) is 0 Å². The van der Waals surface area contributed by atoms with Crippen LogP contribution < -0.4 is 10.6 Å². The van der Waals surface area contributed by atoms with E-state index in [9.17, 15) is 9.59 Å². The highest BCUT2D eigenvalue weighted by Crippen LogP contribution is 2.29. The summed E-state index contributed by atoms with van der Waals surface area (Å²) >= 11 is 0. The predicted molar refractivity (Wildman–Crippen MR) is 81.8 cm³/mol. The summed E-state index contributed by atoms with van der Waals surface area (Å²) < 4.78 is 0. The van der Waals surface area contributed by atoms with Gasteiger partial charge in [-0.25, -0.2) is 0 Å². The number of nitrogens with one attached hydrogen (secondary N) is 2. The fourth-order valence-corrected chi connectivity index (χ4v) is 2.73. The molecule has 1 aromatic rings. The normalized spacial score (nSPS) is 21.1. The second-order valence-corrected chi connectivity index (χ2v) is 5.76. The number of rotatable bonds is 4. The average molecular weight is 289 g/mol. The van der Waals surface area contributed by atoms with Gasteiger partial charge in [-0.3, -0.25) is 9.59 Å². The topological polar surface area (TPSA) is 61.4 Å². The van der Waals surface area contributed by atoms with Gasteiger partial charge >= 0.3 is 0 Å². The maximum atomic E-state index is 12.2. The van der Waals surface area contributed by atoms with Crippen LogP contribution in [-0.4, -0.2) is 43.9 Å². The van der Waals surface area contributed by atoms with Crippen LogP contribution >= 0.6 is 0 Å². The minimum atomic E-state index is -0.0317. The second kappa shape index (κ2) is 6.72. The molecule has 1 fully saturated rings. The van der Waals surface area contributed by atoms with Crippen LogP contribution in [-0.2, 0) is 16.1 Å². The van der Waals surface area contributed by atoms with E-state index in [0.717, 1.165) is 18.7 Å². The minimum absolute atomic E-state index is 0.00111. The molecule has 0 radical (unpaired) electrons. The van der Waals surface area contributed by atoms with Crippen LogP contribution in [0.4, 0.5) is 0 Å². The number of hydrogen-bond donors (Lipinski definition) is 2. The van der Waals surface area contributed by atoms with E-state index in [-0.39, 0.29) is 23.7 Å². The third kappa shape index (κ3) is 3.82. The largest absolute Gasteiger partial charge is 0.352 e. The Kier molecular flexibility index (Phi) is 4.96. The second-order valence-electron chi connectivity index (χ2n) is 5.76. The molecule has 0 bridgehead atoms. The van der Waals surface area contributed by atoms with E-state index in [1.807, 2.05) is 12.1 Å². The summed E-state index contributed by atoms with van der Waals surface area (Å²) in [5.74, 6) is 0.360. The van der Waals surface area contributed by atoms with Gasteiger partial charge in [0.15, 0.2) is 0 Å². The number of nitrogens with zero attached hydrogens (tertiary/aromatic N) is 1. The zero-order valence-electron chi connectivity index (χ0n) is 12.8. The Hall–Kier alpha value is -1.88. The molecule has 1 heterocycles. The lowest BCUT2D eigenvalue weighted by Crippen LogP contribution is -2.33. The van der Waals surface area contributed by atoms with Gasteiger partial charge in [-0.1, -0.05) is 24.3 Å². The maximum absolute atomic E-state index is 12.2. The van der Waals surface area contributed by atoms with E-state index in [1.54, 1.807) is 19.0 Å². The zero-order valence-corrected chi connectivity index (χ0v) is 12.8. The molecule has 114 valence electrons.